The minimum atomic E-state index is -0.613. The molecule has 5 heteroatoms. The zero-order chi connectivity index (χ0) is 16.5. The highest BCUT2D eigenvalue weighted by molar-refractivity contribution is 6.03. The monoisotopic (exact) mass is 316 g/mol. The lowest BCUT2D eigenvalue weighted by atomic mass is 10.1. The Kier molecular flexibility index (Phi) is 3.31. The maximum Gasteiger partial charge on any atom is 0.364 e. The van der Waals surface area contributed by atoms with Crippen molar-refractivity contribution in [1.82, 2.24) is 10.2 Å². The van der Waals surface area contributed by atoms with Crippen molar-refractivity contribution in [2.24, 2.45) is 0 Å². The minimum absolute atomic E-state index is 0.0818. The van der Waals surface area contributed by atoms with Crippen LogP contribution in [0, 0.1) is 0 Å². The quantitative estimate of drug-likeness (QED) is 0.455. The van der Waals surface area contributed by atoms with Crippen LogP contribution in [-0.4, -0.2) is 16.2 Å². The van der Waals surface area contributed by atoms with E-state index in [1.54, 1.807) is 36.4 Å². The second-order valence-electron chi connectivity index (χ2n) is 5.35. The molecule has 0 radical (unpaired) electrons. The van der Waals surface area contributed by atoms with E-state index in [0.717, 1.165) is 10.8 Å². The van der Waals surface area contributed by atoms with E-state index in [9.17, 15) is 9.59 Å². The van der Waals surface area contributed by atoms with E-state index in [1.165, 1.54) is 0 Å². The van der Waals surface area contributed by atoms with Gasteiger partial charge >= 0.3 is 5.97 Å². The second-order valence-corrected chi connectivity index (χ2v) is 5.35. The number of carbonyl (C=O) groups is 1. The maximum absolute atomic E-state index is 12.5. The van der Waals surface area contributed by atoms with Crippen molar-refractivity contribution in [1.29, 1.82) is 0 Å². The van der Waals surface area contributed by atoms with Gasteiger partial charge in [0, 0.05) is 5.39 Å². The fourth-order valence-corrected chi connectivity index (χ4v) is 2.66. The summed E-state index contributed by atoms with van der Waals surface area (Å²) in [6.45, 7) is 0. The molecule has 1 N–H and O–H groups in total. The van der Waals surface area contributed by atoms with Crippen molar-refractivity contribution in [3.63, 3.8) is 0 Å². The topological polar surface area (TPSA) is 72.0 Å². The van der Waals surface area contributed by atoms with Crippen LogP contribution in [0.25, 0.3) is 21.5 Å². The summed E-state index contributed by atoms with van der Waals surface area (Å²) in [6.07, 6.45) is 0. The molecule has 1 heterocycles. The molecule has 1 aromatic heterocycles. The summed E-state index contributed by atoms with van der Waals surface area (Å²) in [4.78, 5) is 24.3. The summed E-state index contributed by atoms with van der Waals surface area (Å²) in [5.74, 6) is -0.187. The number of hydrogen-bond donors (Lipinski definition) is 1. The van der Waals surface area contributed by atoms with Crippen LogP contribution in [0.3, 0.4) is 0 Å². The molecule has 0 spiro atoms. The Morgan fingerprint density at radius 1 is 0.875 bits per heavy atom. The highest BCUT2D eigenvalue weighted by atomic mass is 16.5. The smallest absolute Gasteiger partial charge is 0.364 e. The second kappa shape index (κ2) is 5.62. The number of esters is 1. The summed E-state index contributed by atoms with van der Waals surface area (Å²) in [5, 5.41) is 9.09. The number of carbonyl (C=O) groups excluding carboxylic acids is 1. The Bertz CT molecular complexity index is 1130. The van der Waals surface area contributed by atoms with Crippen LogP contribution in [0.2, 0.25) is 0 Å². The number of hydrogen-bond acceptors (Lipinski definition) is 4. The van der Waals surface area contributed by atoms with Gasteiger partial charge in [-0.3, -0.25) is 4.79 Å². The molecule has 0 bridgehead atoms. The molecule has 0 aliphatic heterocycles. The lowest BCUT2D eigenvalue weighted by molar-refractivity contribution is 0.0730. The van der Waals surface area contributed by atoms with Gasteiger partial charge in [0.25, 0.3) is 5.56 Å². The lowest BCUT2D eigenvalue weighted by Crippen LogP contribution is -2.17. The first-order chi connectivity index (χ1) is 11.7. The zero-order valence-electron chi connectivity index (χ0n) is 12.5. The van der Waals surface area contributed by atoms with Crippen molar-refractivity contribution >= 4 is 27.5 Å². The Morgan fingerprint density at radius 3 is 2.42 bits per heavy atom. The van der Waals surface area contributed by atoms with Gasteiger partial charge in [-0.1, -0.05) is 48.5 Å². The van der Waals surface area contributed by atoms with Crippen LogP contribution in [0.1, 0.15) is 10.5 Å². The molecule has 5 nitrogen and oxygen atoms in total. The largest absolute Gasteiger partial charge is 0.422 e. The number of rotatable bonds is 2. The van der Waals surface area contributed by atoms with E-state index in [1.807, 2.05) is 30.3 Å². The fraction of sp³-hybridized carbons (Fsp3) is 0. The molecule has 0 aliphatic carbocycles. The summed E-state index contributed by atoms with van der Waals surface area (Å²) in [6, 6.07) is 20.0. The van der Waals surface area contributed by atoms with Gasteiger partial charge in [-0.2, -0.15) is 5.10 Å². The molecule has 0 amide bonds. The van der Waals surface area contributed by atoms with Crippen LogP contribution in [-0.2, 0) is 0 Å². The van der Waals surface area contributed by atoms with Crippen LogP contribution in [0.4, 0.5) is 0 Å². The molecule has 116 valence electrons. The van der Waals surface area contributed by atoms with Crippen molar-refractivity contribution in [2.75, 3.05) is 0 Å². The highest BCUT2D eigenvalue weighted by Crippen LogP contribution is 2.22. The number of ether oxygens (including phenoxy) is 1. The average Bonchev–Trinajstić information content (AvgIpc) is 2.62. The molecule has 24 heavy (non-hydrogen) atoms. The van der Waals surface area contributed by atoms with Gasteiger partial charge in [0.2, 0.25) is 0 Å². The summed E-state index contributed by atoms with van der Waals surface area (Å²) in [5.41, 5.74) is -0.258. The first-order valence-corrected chi connectivity index (χ1v) is 7.41. The molecule has 0 unspecified atom stereocenters. The maximum atomic E-state index is 12.5. The molecule has 0 saturated heterocycles. The van der Waals surface area contributed by atoms with Crippen LogP contribution >= 0.6 is 0 Å². The molecule has 0 atom stereocenters. The Balaban J connectivity index is 1.73. The number of aromatic amines is 1. The summed E-state index contributed by atoms with van der Waals surface area (Å²) >= 11 is 0. The van der Waals surface area contributed by atoms with E-state index in [-0.39, 0.29) is 11.3 Å². The number of fused-ring (bicyclic) bond motifs is 2. The van der Waals surface area contributed by atoms with Gasteiger partial charge in [0.05, 0.1) is 5.39 Å². The third-order valence-electron chi connectivity index (χ3n) is 3.82. The highest BCUT2D eigenvalue weighted by Gasteiger charge is 2.16. The number of aromatic nitrogens is 2. The van der Waals surface area contributed by atoms with Gasteiger partial charge < -0.3 is 4.74 Å². The number of nitrogens with one attached hydrogen (secondary N) is 1. The van der Waals surface area contributed by atoms with Crippen LogP contribution in [0.5, 0.6) is 5.75 Å². The molecule has 0 fully saturated rings. The van der Waals surface area contributed by atoms with Crippen molar-refractivity contribution in [2.45, 2.75) is 0 Å². The Morgan fingerprint density at radius 2 is 1.58 bits per heavy atom. The lowest BCUT2D eigenvalue weighted by Gasteiger charge is -2.07. The van der Waals surface area contributed by atoms with E-state index >= 15 is 0 Å². The standard InChI is InChI=1S/C19H12N2O3/c22-18-16-8-4-3-7-15(16)17(20-21-18)19(23)24-14-10-9-12-5-1-2-6-13(12)11-14/h1-11H,(H,21,22). The zero-order valence-corrected chi connectivity index (χ0v) is 12.5. The molecular formula is C19H12N2O3. The molecule has 0 saturated carbocycles. The predicted octanol–water partition coefficient (Wildman–Crippen LogP) is 3.30. The van der Waals surface area contributed by atoms with E-state index in [2.05, 4.69) is 10.2 Å². The van der Waals surface area contributed by atoms with E-state index in [0.29, 0.717) is 16.5 Å². The molecule has 0 aliphatic rings. The number of benzene rings is 3. The van der Waals surface area contributed by atoms with Crippen LogP contribution in [0.15, 0.2) is 71.5 Å². The minimum Gasteiger partial charge on any atom is -0.422 e. The van der Waals surface area contributed by atoms with Gasteiger partial charge in [-0.15, -0.1) is 0 Å². The third kappa shape index (κ3) is 2.42. The van der Waals surface area contributed by atoms with E-state index < -0.39 is 5.97 Å². The van der Waals surface area contributed by atoms with Gasteiger partial charge in [0.15, 0.2) is 5.69 Å². The normalized spacial score (nSPS) is 10.8. The van der Waals surface area contributed by atoms with E-state index in [4.69, 9.17) is 4.74 Å². The molecular weight excluding hydrogens is 304 g/mol. The Hall–Kier alpha value is -3.47. The van der Waals surface area contributed by atoms with Gasteiger partial charge in [0.1, 0.15) is 5.75 Å². The van der Waals surface area contributed by atoms with Crippen molar-refractivity contribution < 1.29 is 9.53 Å². The number of nitrogens with zero attached hydrogens (tertiary/aromatic N) is 1. The molecule has 4 aromatic rings. The fourth-order valence-electron chi connectivity index (χ4n) is 2.66. The first kappa shape index (κ1) is 14.1. The van der Waals surface area contributed by atoms with Crippen molar-refractivity contribution in [3.05, 3.63) is 82.8 Å². The molecule has 4 rings (SSSR count). The summed E-state index contributed by atoms with van der Waals surface area (Å²) < 4.78 is 5.43. The van der Waals surface area contributed by atoms with Gasteiger partial charge in [-0.25, -0.2) is 9.89 Å². The molecule has 3 aromatic carbocycles. The SMILES string of the molecule is O=C(Oc1ccc2ccccc2c1)c1n[nH]c(=O)c2ccccc12. The van der Waals surface area contributed by atoms with Crippen molar-refractivity contribution in [3.8, 4) is 5.75 Å². The van der Waals surface area contributed by atoms with Crippen LogP contribution < -0.4 is 10.3 Å². The first-order valence-electron chi connectivity index (χ1n) is 7.41. The Labute approximate surface area is 136 Å². The number of H-pyrrole nitrogens is 1. The summed E-state index contributed by atoms with van der Waals surface area (Å²) in [7, 11) is 0. The van der Waals surface area contributed by atoms with Gasteiger partial charge in [-0.05, 0) is 29.0 Å². The third-order valence-corrected chi connectivity index (χ3v) is 3.82. The predicted molar refractivity (Wildman–Crippen MR) is 91.3 cm³/mol. The average molecular weight is 316 g/mol.